The summed E-state index contributed by atoms with van der Waals surface area (Å²) in [6, 6.07) is 8.24. The third-order valence-corrected chi connectivity index (χ3v) is 5.43. The Hall–Kier alpha value is -2.12. The molecule has 2 heterocycles. The van der Waals surface area contributed by atoms with Crippen LogP contribution in [0.3, 0.4) is 0 Å². The van der Waals surface area contributed by atoms with Gasteiger partial charge in [0, 0.05) is 25.4 Å². The largest absolute Gasteiger partial charge is 0.480 e. The Bertz CT molecular complexity index is 671. The molecule has 2 unspecified atom stereocenters. The van der Waals surface area contributed by atoms with E-state index in [2.05, 4.69) is 10.6 Å². The average molecular weight is 410 g/mol. The molecule has 28 heavy (non-hydrogen) atoms. The summed E-state index contributed by atoms with van der Waals surface area (Å²) in [5.74, 6) is -1.39. The van der Waals surface area contributed by atoms with Gasteiger partial charge in [-0.15, -0.1) is 12.4 Å². The number of likely N-dealkylation sites (tertiary alicyclic amines) is 1. The second kappa shape index (κ2) is 10.4. The SMILES string of the molecule is Cl.O=C(NC(Cc1ccccc1)C(=O)O)C1CCN(C(=O)C2CCCN2)CC1. The molecule has 0 bridgehead atoms. The highest BCUT2D eigenvalue weighted by Crippen LogP contribution is 2.20. The van der Waals surface area contributed by atoms with Crippen LogP contribution >= 0.6 is 12.4 Å². The molecule has 0 aromatic heterocycles. The number of hydrogen-bond acceptors (Lipinski definition) is 4. The highest BCUT2D eigenvalue weighted by Gasteiger charge is 2.33. The number of carbonyl (C=O) groups is 3. The number of aliphatic carboxylic acids is 1. The Morgan fingerprint density at radius 2 is 1.82 bits per heavy atom. The van der Waals surface area contributed by atoms with Gasteiger partial charge in [-0.25, -0.2) is 4.79 Å². The number of carbonyl (C=O) groups excluding carboxylic acids is 2. The van der Waals surface area contributed by atoms with Crippen molar-refractivity contribution in [3.05, 3.63) is 35.9 Å². The molecule has 8 heteroatoms. The second-order valence-electron chi connectivity index (χ2n) is 7.34. The van der Waals surface area contributed by atoms with E-state index in [0.29, 0.717) is 25.9 Å². The number of rotatable bonds is 6. The molecule has 0 saturated carbocycles. The van der Waals surface area contributed by atoms with Crippen LogP contribution in [0.4, 0.5) is 0 Å². The molecular formula is C20H28ClN3O4. The van der Waals surface area contributed by atoms with Gasteiger partial charge in [0.2, 0.25) is 11.8 Å². The van der Waals surface area contributed by atoms with Crippen molar-refractivity contribution >= 4 is 30.2 Å². The second-order valence-corrected chi connectivity index (χ2v) is 7.34. The lowest BCUT2D eigenvalue weighted by atomic mass is 9.94. The molecule has 0 spiro atoms. The summed E-state index contributed by atoms with van der Waals surface area (Å²) in [7, 11) is 0. The van der Waals surface area contributed by atoms with E-state index in [1.165, 1.54) is 0 Å². The van der Waals surface area contributed by atoms with Crippen molar-refractivity contribution in [1.82, 2.24) is 15.5 Å². The number of halogens is 1. The highest BCUT2D eigenvalue weighted by atomic mass is 35.5. The molecule has 0 radical (unpaired) electrons. The van der Waals surface area contributed by atoms with Crippen molar-refractivity contribution in [2.24, 2.45) is 5.92 Å². The molecule has 3 N–H and O–H groups in total. The van der Waals surface area contributed by atoms with E-state index in [1.807, 2.05) is 35.2 Å². The maximum Gasteiger partial charge on any atom is 0.326 e. The Morgan fingerprint density at radius 3 is 2.39 bits per heavy atom. The van der Waals surface area contributed by atoms with Crippen molar-refractivity contribution in [3.63, 3.8) is 0 Å². The zero-order valence-electron chi connectivity index (χ0n) is 15.8. The predicted molar refractivity (Wildman–Crippen MR) is 107 cm³/mol. The smallest absolute Gasteiger partial charge is 0.326 e. The van der Waals surface area contributed by atoms with Gasteiger partial charge >= 0.3 is 5.97 Å². The normalized spacial score (nSPS) is 20.9. The monoisotopic (exact) mass is 409 g/mol. The van der Waals surface area contributed by atoms with Crippen LogP contribution in [0.25, 0.3) is 0 Å². The zero-order valence-corrected chi connectivity index (χ0v) is 16.6. The van der Waals surface area contributed by atoms with E-state index >= 15 is 0 Å². The van der Waals surface area contributed by atoms with Crippen LogP contribution in [0.1, 0.15) is 31.2 Å². The average Bonchev–Trinajstić information content (AvgIpc) is 3.22. The molecule has 7 nitrogen and oxygen atoms in total. The van der Waals surface area contributed by atoms with E-state index < -0.39 is 12.0 Å². The van der Waals surface area contributed by atoms with Crippen LogP contribution in [-0.2, 0) is 20.8 Å². The van der Waals surface area contributed by atoms with Crippen molar-refractivity contribution in [1.29, 1.82) is 0 Å². The van der Waals surface area contributed by atoms with Gasteiger partial charge in [-0.3, -0.25) is 9.59 Å². The number of hydrogen-bond donors (Lipinski definition) is 3. The third kappa shape index (κ3) is 5.69. The van der Waals surface area contributed by atoms with Crippen LogP contribution in [0, 0.1) is 5.92 Å². The van der Waals surface area contributed by atoms with Crippen LogP contribution in [0.2, 0.25) is 0 Å². The van der Waals surface area contributed by atoms with Crippen LogP contribution < -0.4 is 10.6 Å². The number of nitrogens with one attached hydrogen (secondary N) is 2. The Kier molecular flexibility index (Phi) is 8.26. The molecule has 2 atom stereocenters. The number of piperidine rings is 1. The number of benzene rings is 1. The minimum Gasteiger partial charge on any atom is -0.480 e. The van der Waals surface area contributed by atoms with Gasteiger partial charge in [0.15, 0.2) is 0 Å². The maximum absolute atomic E-state index is 12.5. The molecule has 1 aromatic rings. The van der Waals surface area contributed by atoms with Gasteiger partial charge < -0.3 is 20.6 Å². The Balaban J connectivity index is 0.00000280. The van der Waals surface area contributed by atoms with Crippen molar-refractivity contribution in [2.75, 3.05) is 19.6 Å². The summed E-state index contributed by atoms with van der Waals surface area (Å²) < 4.78 is 0. The number of nitrogens with zero attached hydrogens (tertiary/aromatic N) is 1. The van der Waals surface area contributed by atoms with E-state index in [4.69, 9.17) is 0 Å². The topological polar surface area (TPSA) is 98.7 Å². The van der Waals surface area contributed by atoms with E-state index in [9.17, 15) is 19.5 Å². The summed E-state index contributed by atoms with van der Waals surface area (Å²) in [6.45, 7) is 1.98. The molecule has 1 aromatic carbocycles. The fourth-order valence-corrected chi connectivity index (χ4v) is 3.82. The molecule has 2 amide bonds. The standard InChI is InChI=1S/C20H27N3O4.ClH/c24-18(22-17(20(26)27)13-14-5-2-1-3-6-14)15-8-11-23(12-9-15)19(25)16-7-4-10-21-16;/h1-3,5-6,15-17,21H,4,7-13H2,(H,22,24)(H,26,27);1H. The van der Waals surface area contributed by atoms with E-state index in [1.54, 1.807) is 0 Å². The van der Waals surface area contributed by atoms with Gasteiger partial charge in [0.25, 0.3) is 0 Å². The summed E-state index contributed by atoms with van der Waals surface area (Å²) in [4.78, 5) is 38.3. The number of amides is 2. The first-order valence-electron chi connectivity index (χ1n) is 9.64. The minimum atomic E-state index is -1.04. The van der Waals surface area contributed by atoms with Gasteiger partial charge in [-0.05, 0) is 37.8 Å². The predicted octanol–water partition coefficient (Wildman–Crippen LogP) is 1.21. The summed E-state index contributed by atoms with van der Waals surface area (Å²) in [5, 5.41) is 15.3. The van der Waals surface area contributed by atoms with Crippen LogP contribution in [-0.4, -0.2) is 59.5 Å². The fraction of sp³-hybridized carbons (Fsp3) is 0.550. The maximum atomic E-state index is 12.5. The molecule has 0 aliphatic carbocycles. The van der Waals surface area contributed by atoms with Crippen molar-refractivity contribution in [3.8, 4) is 0 Å². The highest BCUT2D eigenvalue weighted by molar-refractivity contribution is 5.86. The number of carboxylic acid groups (broad SMARTS) is 1. The quantitative estimate of drug-likeness (QED) is 0.656. The van der Waals surface area contributed by atoms with Crippen molar-refractivity contribution in [2.45, 2.75) is 44.2 Å². The minimum absolute atomic E-state index is 0. The van der Waals surface area contributed by atoms with Gasteiger partial charge in [0.05, 0.1) is 6.04 Å². The molecule has 2 aliphatic heterocycles. The molecule has 2 saturated heterocycles. The molecule has 3 rings (SSSR count). The molecule has 154 valence electrons. The van der Waals surface area contributed by atoms with E-state index in [-0.39, 0.29) is 42.6 Å². The van der Waals surface area contributed by atoms with Gasteiger partial charge in [-0.1, -0.05) is 30.3 Å². The lowest BCUT2D eigenvalue weighted by molar-refractivity contribution is -0.143. The number of carboxylic acids is 1. The third-order valence-electron chi connectivity index (χ3n) is 5.43. The zero-order chi connectivity index (χ0) is 19.2. The molecule has 2 aliphatic rings. The molecular weight excluding hydrogens is 382 g/mol. The first-order valence-corrected chi connectivity index (χ1v) is 9.64. The summed E-state index contributed by atoms with van der Waals surface area (Å²) in [5.41, 5.74) is 0.870. The van der Waals surface area contributed by atoms with Gasteiger partial charge in [0.1, 0.15) is 6.04 Å². The summed E-state index contributed by atoms with van der Waals surface area (Å²) in [6.07, 6.45) is 3.29. The Labute approximate surface area is 171 Å². The van der Waals surface area contributed by atoms with Gasteiger partial charge in [-0.2, -0.15) is 0 Å². The Morgan fingerprint density at radius 1 is 1.14 bits per heavy atom. The first kappa shape index (κ1) is 22.2. The fourth-order valence-electron chi connectivity index (χ4n) is 3.82. The van der Waals surface area contributed by atoms with Crippen molar-refractivity contribution < 1.29 is 19.5 Å². The lowest BCUT2D eigenvalue weighted by Crippen LogP contribution is -2.50. The molecule has 2 fully saturated rings. The van der Waals surface area contributed by atoms with Crippen LogP contribution in [0.5, 0.6) is 0 Å². The van der Waals surface area contributed by atoms with E-state index in [0.717, 1.165) is 24.9 Å². The summed E-state index contributed by atoms with van der Waals surface area (Å²) >= 11 is 0. The lowest BCUT2D eigenvalue weighted by Gasteiger charge is -2.33. The van der Waals surface area contributed by atoms with Crippen LogP contribution in [0.15, 0.2) is 30.3 Å². The first-order chi connectivity index (χ1) is 13.0.